The van der Waals surface area contributed by atoms with Crippen LogP contribution in [0, 0.1) is 0 Å². The molecule has 1 heterocycles. The van der Waals surface area contributed by atoms with E-state index in [0.29, 0.717) is 5.52 Å². The molecule has 5 heteroatoms. The van der Waals surface area contributed by atoms with Crippen molar-refractivity contribution >= 4 is 22.8 Å². The third-order valence-electron chi connectivity index (χ3n) is 2.21. The summed E-state index contributed by atoms with van der Waals surface area (Å²) in [5, 5.41) is 0.755. The second-order valence-electron chi connectivity index (χ2n) is 3.13. The molecule has 0 radical (unpaired) electrons. The number of hydrogen-bond acceptors (Lipinski definition) is 2. The van der Waals surface area contributed by atoms with E-state index < -0.39 is 11.9 Å². The Bertz CT molecular complexity index is 557. The van der Waals surface area contributed by atoms with Gasteiger partial charge in [0.05, 0.1) is 11.1 Å². The summed E-state index contributed by atoms with van der Waals surface area (Å²) in [6.07, 6.45) is 1.51. The molecule has 2 aromatic rings. The zero-order valence-electron chi connectivity index (χ0n) is 7.81. The van der Waals surface area contributed by atoms with Crippen molar-refractivity contribution in [1.29, 1.82) is 0 Å². The number of primary amides is 2. The van der Waals surface area contributed by atoms with Gasteiger partial charge in [-0.15, -0.1) is 0 Å². The van der Waals surface area contributed by atoms with Crippen LogP contribution < -0.4 is 11.5 Å². The van der Waals surface area contributed by atoms with Gasteiger partial charge in [0.2, 0.25) is 0 Å². The van der Waals surface area contributed by atoms with E-state index in [0.717, 1.165) is 5.39 Å². The van der Waals surface area contributed by atoms with Gasteiger partial charge in [0.25, 0.3) is 5.91 Å². The van der Waals surface area contributed by atoms with Gasteiger partial charge in [-0.2, -0.15) is 0 Å². The van der Waals surface area contributed by atoms with Crippen molar-refractivity contribution in [2.24, 2.45) is 11.5 Å². The number of carbonyl (C=O) groups is 2. The first-order chi connectivity index (χ1) is 7.11. The van der Waals surface area contributed by atoms with Gasteiger partial charge >= 0.3 is 6.03 Å². The van der Waals surface area contributed by atoms with E-state index in [4.69, 9.17) is 11.5 Å². The highest BCUT2D eigenvalue weighted by Crippen LogP contribution is 2.19. The predicted octanol–water partition coefficient (Wildman–Crippen LogP) is 0.667. The van der Waals surface area contributed by atoms with E-state index >= 15 is 0 Å². The Balaban J connectivity index is 2.86. The number of benzene rings is 1. The lowest BCUT2D eigenvalue weighted by atomic mass is 10.1. The van der Waals surface area contributed by atoms with Crippen LogP contribution >= 0.6 is 0 Å². The van der Waals surface area contributed by atoms with Crippen LogP contribution in [0.5, 0.6) is 0 Å². The largest absolute Gasteiger partial charge is 0.366 e. The van der Waals surface area contributed by atoms with Crippen LogP contribution in [0.4, 0.5) is 4.79 Å². The van der Waals surface area contributed by atoms with Crippen LogP contribution in [0.3, 0.4) is 0 Å². The molecule has 2 amide bonds. The molecule has 0 saturated carbocycles. The first-order valence-electron chi connectivity index (χ1n) is 4.31. The summed E-state index contributed by atoms with van der Waals surface area (Å²) in [7, 11) is 0. The van der Waals surface area contributed by atoms with Gasteiger partial charge in [0.1, 0.15) is 0 Å². The third kappa shape index (κ3) is 1.34. The van der Waals surface area contributed by atoms with Gasteiger partial charge in [-0.05, 0) is 12.1 Å². The van der Waals surface area contributed by atoms with E-state index in [2.05, 4.69) is 0 Å². The van der Waals surface area contributed by atoms with E-state index in [1.54, 1.807) is 24.3 Å². The van der Waals surface area contributed by atoms with Crippen molar-refractivity contribution < 1.29 is 9.59 Å². The number of nitrogens with zero attached hydrogens (tertiary/aromatic N) is 1. The van der Waals surface area contributed by atoms with Crippen molar-refractivity contribution in [3.63, 3.8) is 0 Å². The summed E-state index contributed by atoms with van der Waals surface area (Å²) in [5.74, 6) is -0.582. The van der Waals surface area contributed by atoms with Gasteiger partial charge < -0.3 is 11.5 Å². The molecule has 1 aromatic carbocycles. The van der Waals surface area contributed by atoms with Gasteiger partial charge in [-0.1, -0.05) is 12.1 Å². The molecule has 0 aliphatic rings. The predicted molar refractivity (Wildman–Crippen MR) is 55.4 cm³/mol. The number of amides is 2. The molecule has 2 rings (SSSR count). The molecule has 4 N–H and O–H groups in total. The second-order valence-corrected chi connectivity index (χ2v) is 3.13. The molecule has 76 valence electrons. The molecule has 0 atom stereocenters. The molecular formula is C10H9N3O2. The van der Waals surface area contributed by atoms with Crippen LogP contribution in [0.2, 0.25) is 0 Å². The van der Waals surface area contributed by atoms with Gasteiger partial charge in [-0.25, -0.2) is 4.79 Å². The molecule has 0 fully saturated rings. The Morgan fingerprint density at radius 3 is 2.47 bits per heavy atom. The zero-order valence-corrected chi connectivity index (χ0v) is 7.81. The zero-order chi connectivity index (χ0) is 11.0. The van der Waals surface area contributed by atoms with Crippen molar-refractivity contribution in [3.05, 3.63) is 36.0 Å². The van der Waals surface area contributed by atoms with Gasteiger partial charge in [-0.3, -0.25) is 9.36 Å². The number of rotatable bonds is 1. The maximum atomic E-state index is 11.1. The van der Waals surface area contributed by atoms with Gasteiger partial charge in [0.15, 0.2) is 0 Å². The fourth-order valence-corrected chi connectivity index (χ4v) is 1.58. The SMILES string of the molecule is NC(=O)c1cccc2ccn(C(N)=O)c12. The summed E-state index contributed by atoms with van der Waals surface area (Å²) in [5.41, 5.74) is 11.1. The lowest BCUT2D eigenvalue weighted by molar-refractivity contribution is 0.100. The number of para-hydroxylation sites is 1. The molecule has 0 unspecified atom stereocenters. The van der Waals surface area contributed by atoms with Crippen LogP contribution in [-0.4, -0.2) is 16.5 Å². The van der Waals surface area contributed by atoms with Crippen molar-refractivity contribution in [2.75, 3.05) is 0 Å². The molecule has 0 aliphatic heterocycles. The number of nitrogens with two attached hydrogens (primary N) is 2. The molecule has 15 heavy (non-hydrogen) atoms. The van der Waals surface area contributed by atoms with E-state index in [1.807, 2.05) is 0 Å². The minimum absolute atomic E-state index is 0.288. The summed E-state index contributed by atoms with van der Waals surface area (Å²) in [6, 6.07) is 6.10. The maximum Gasteiger partial charge on any atom is 0.323 e. The number of fused-ring (bicyclic) bond motifs is 1. The fourth-order valence-electron chi connectivity index (χ4n) is 1.58. The molecule has 0 saturated heterocycles. The molecule has 0 aliphatic carbocycles. The maximum absolute atomic E-state index is 11.1. The summed E-state index contributed by atoms with van der Waals surface area (Å²) in [4.78, 5) is 22.2. The van der Waals surface area contributed by atoms with Crippen LogP contribution in [-0.2, 0) is 0 Å². The van der Waals surface area contributed by atoms with Crippen molar-refractivity contribution in [1.82, 2.24) is 4.57 Å². The topological polar surface area (TPSA) is 91.1 Å². The van der Waals surface area contributed by atoms with Crippen LogP contribution in [0.1, 0.15) is 10.4 Å². The molecule has 0 spiro atoms. The lowest BCUT2D eigenvalue weighted by Gasteiger charge is -2.03. The normalized spacial score (nSPS) is 10.4. The highest BCUT2D eigenvalue weighted by Gasteiger charge is 2.12. The Morgan fingerprint density at radius 1 is 1.13 bits per heavy atom. The quantitative estimate of drug-likeness (QED) is 0.712. The van der Waals surface area contributed by atoms with E-state index in [9.17, 15) is 9.59 Å². The average molecular weight is 203 g/mol. The number of carbonyl (C=O) groups excluding carboxylic acids is 2. The molecule has 1 aromatic heterocycles. The van der Waals surface area contributed by atoms with E-state index in [1.165, 1.54) is 10.8 Å². The fraction of sp³-hybridized carbons (Fsp3) is 0. The third-order valence-corrected chi connectivity index (χ3v) is 2.21. The second kappa shape index (κ2) is 3.13. The monoisotopic (exact) mass is 203 g/mol. The minimum Gasteiger partial charge on any atom is -0.366 e. The Morgan fingerprint density at radius 2 is 1.87 bits per heavy atom. The number of aromatic nitrogens is 1. The lowest BCUT2D eigenvalue weighted by Crippen LogP contribution is -2.20. The minimum atomic E-state index is -0.640. The molecule has 0 bridgehead atoms. The Hall–Kier alpha value is -2.30. The first kappa shape index (κ1) is 9.26. The Labute approximate surface area is 85.3 Å². The van der Waals surface area contributed by atoms with Crippen molar-refractivity contribution in [2.45, 2.75) is 0 Å². The van der Waals surface area contributed by atoms with E-state index in [-0.39, 0.29) is 5.56 Å². The van der Waals surface area contributed by atoms with Gasteiger partial charge in [0, 0.05) is 11.6 Å². The van der Waals surface area contributed by atoms with Crippen molar-refractivity contribution in [3.8, 4) is 0 Å². The molecular weight excluding hydrogens is 194 g/mol. The number of hydrogen-bond donors (Lipinski definition) is 2. The summed E-state index contributed by atoms with van der Waals surface area (Å²) >= 11 is 0. The molecule has 5 nitrogen and oxygen atoms in total. The standard InChI is InChI=1S/C10H9N3O2/c11-9(14)7-3-1-2-6-4-5-13(8(6)7)10(12)15/h1-5H,(H2,11,14)(H2,12,15). The Kier molecular flexibility index (Phi) is 1.93. The van der Waals surface area contributed by atoms with Crippen LogP contribution in [0.25, 0.3) is 10.9 Å². The first-order valence-corrected chi connectivity index (χ1v) is 4.31. The summed E-state index contributed by atoms with van der Waals surface area (Å²) in [6.45, 7) is 0. The highest BCUT2D eigenvalue weighted by atomic mass is 16.2. The average Bonchev–Trinajstić information content (AvgIpc) is 2.60. The van der Waals surface area contributed by atoms with Crippen LogP contribution in [0.15, 0.2) is 30.5 Å². The smallest absolute Gasteiger partial charge is 0.323 e. The summed E-state index contributed by atoms with van der Waals surface area (Å²) < 4.78 is 1.20. The highest BCUT2D eigenvalue weighted by molar-refractivity contribution is 6.07.